The van der Waals surface area contributed by atoms with Crippen molar-refractivity contribution < 1.29 is 5.11 Å². The van der Waals surface area contributed by atoms with Crippen molar-refractivity contribution in [3.63, 3.8) is 0 Å². The van der Waals surface area contributed by atoms with Crippen LogP contribution in [-0.2, 0) is 6.54 Å². The fourth-order valence-corrected chi connectivity index (χ4v) is 2.95. The van der Waals surface area contributed by atoms with Gasteiger partial charge in [0, 0.05) is 28.4 Å². The minimum atomic E-state index is -0.187. The maximum absolute atomic E-state index is 9.35. The second kappa shape index (κ2) is 5.68. The molecule has 1 atom stereocenters. The van der Waals surface area contributed by atoms with Gasteiger partial charge in [-0.25, -0.2) is 0 Å². The lowest BCUT2D eigenvalue weighted by Crippen LogP contribution is -2.02. The highest BCUT2D eigenvalue weighted by Crippen LogP contribution is 2.28. The number of nitrogens with zero attached hydrogens (tertiary/aromatic N) is 1. The number of aryl methyl sites for hydroxylation is 1. The number of unbranched alkanes of at least 4 members (excludes halogenated alkanes) is 1. The van der Waals surface area contributed by atoms with E-state index in [1.54, 1.807) is 0 Å². The van der Waals surface area contributed by atoms with Crippen LogP contribution < -0.4 is 0 Å². The Morgan fingerprint density at radius 3 is 2.00 bits per heavy atom. The van der Waals surface area contributed by atoms with Crippen molar-refractivity contribution in [1.82, 2.24) is 4.57 Å². The van der Waals surface area contributed by atoms with E-state index in [4.69, 9.17) is 0 Å². The van der Waals surface area contributed by atoms with E-state index in [2.05, 4.69) is 53.1 Å². The van der Waals surface area contributed by atoms with Crippen LogP contribution in [0, 0.1) is 0 Å². The van der Waals surface area contributed by atoms with Crippen molar-refractivity contribution in [2.45, 2.75) is 38.8 Å². The molecule has 20 heavy (non-hydrogen) atoms. The Hall–Kier alpha value is -1.80. The van der Waals surface area contributed by atoms with Gasteiger partial charge in [-0.05, 0) is 38.3 Å². The van der Waals surface area contributed by atoms with Crippen LogP contribution >= 0.6 is 0 Å². The predicted molar refractivity (Wildman–Crippen MR) is 85.0 cm³/mol. The van der Waals surface area contributed by atoms with E-state index in [9.17, 15) is 5.11 Å². The summed E-state index contributed by atoms with van der Waals surface area (Å²) < 4.78 is 2.41. The zero-order chi connectivity index (χ0) is 13.9. The summed E-state index contributed by atoms with van der Waals surface area (Å²) in [5.74, 6) is 0. The highest BCUT2D eigenvalue weighted by atomic mass is 16.3. The number of para-hydroxylation sites is 2. The monoisotopic (exact) mass is 267 g/mol. The smallest absolute Gasteiger partial charge is 0.0512 e. The number of fused-ring (bicyclic) bond motifs is 3. The first-order valence-corrected chi connectivity index (χ1v) is 7.41. The number of hydrogen-bond acceptors (Lipinski definition) is 1. The van der Waals surface area contributed by atoms with Crippen molar-refractivity contribution in [2.75, 3.05) is 0 Å². The summed E-state index contributed by atoms with van der Waals surface area (Å²) >= 11 is 0. The lowest BCUT2D eigenvalue weighted by molar-refractivity contribution is 0.180. The fraction of sp³-hybridized carbons (Fsp3) is 0.333. The summed E-state index contributed by atoms with van der Waals surface area (Å²) in [6.07, 6.45) is 2.87. The summed E-state index contributed by atoms with van der Waals surface area (Å²) in [5.41, 5.74) is 2.62. The molecule has 2 heteroatoms. The van der Waals surface area contributed by atoms with Crippen molar-refractivity contribution >= 4 is 21.8 Å². The summed E-state index contributed by atoms with van der Waals surface area (Å²) in [7, 11) is 0. The molecule has 0 aliphatic carbocycles. The zero-order valence-electron chi connectivity index (χ0n) is 11.9. The van der Waals surface area contributed by atoms with Gasteiger partial charge in [-0.15, -0.1) is 0 Å². The van der Waals surface area contributed by atoms with E-state index >= 15 is 0 Å². The summed E-state index contributed by atoms with van der Waals surface area (Å²) in [5, 5.41) is 12.0. The third kappa shape index (κ3) is 2.44. The third-order valence-corrected chi connectivity index (χ3v) is 3.93. The van der Waals surface area contributed by atoms with E-state index in [1.807, 2.05) is 6.92 Å². The van der Waals surface area contributed by atoms with Gasteiger partial charge in [-0.3, -0.25) is 0 Å². The minimum absolute atomic E-state index is 0.187. The molecule has 1 N–H and O–H groups in total. The Balaban J connectivity index is 1.95. The third-order valence-electron chi connectivity index (χ3n) is 3.93. The molecular formula is C18H21NO. The van der Waals surface area contributed by atoms with Gasteiger partial charge in [0.15, 0.2) is 0 Å². The van der Waals surface area contributed by atoms with Crippen LogP contribution in [0.4, 0.5) is 0 Å². The van der Waals surface area contributed by atoms with Crippen molar-refractivity contribution in [2.24, 2.45) is 0 Å². The topological polar surface area (TPSA) is 25.2 Å². The van der Waals surface area contributed by atoms with E-state index in [1.165, 1.54) is 21.8 Å². The second-order valence-electron chi connectivity index (χ2n) is 5.53. The van der Waals surface area contributed by atoms with Gasteiger partial charge >= 0.3 is 0 Å². The van der Waals surface area contributed by atoms with Gasteiger partial charge in [0.1, 0.15) is 0 Å². The van der Waals surface area contributed by atoms with Gasteiger partial charge in [0.2, 0.25) is 0 Å². The van der Waals surface area contributed by atoms with Crippen LogP contribution in [0.1, 0.15) is 26.2 Å². The Kier molecular flexibility index (Phi) is 3.75. The Morgan fingerprint density at radius 1 is 0.900 bits per heavy atom. The molecule has 0 spiro atoms. The minimum Gasteiger partial charge on any atom is -0.393 e. The quantitative estimate of drug-likeness (QED) is 0.683. The number of aliphatic hydroxyl groups excluding tert-OH is 1. The van der Waals surface area contributed by atoms with Gasteiger partial charge < -0.3 is 9.67 Å². The average molecular weight is 267 g/mol. The molecule has 0 amide bonds. The first-order valence-electron chi connectivity index (χ1n) is 7.41. The SMILES string of the molecule is C[C@@H](O)CCCCn1c2ccccc2c2ccccc21. The molecule has 104 valence electrons. The lowest BCUT2D eigenvalue weighted by atomic mass is 10.2. The van der Waals surface area contributed by atoms with E-state index in [0.717, 1.165) is 25.8 Å². The molecule has 2 aromatic carbocycles. The molecule has 0 aliphatic rings. The fourth-order valence-electron chi connectivity index (χ4n) is 2.95. The first kappa shape index (κ1) is 13.2. The number of hydrogen-bond donors (Lipinski definition) is 1. The van der Waals surface area contributed by atoms with Gasteiger partial charge in [-0.1, -0.05) is 36.4 Å². The molecule has 3 rings (SSSR count). The standard InChI is InChI=1S/C18H21NO/c1-14(20)8-6-7-13-19-17-11-4-2-9-15(17)16-10-3-5-12-18(16)19/h2-5,9-12,14,20H,6-8,13H2,1H3/t14-/m1/s1. The van der Waals surface area contributed by atoms with Crippen molar-refractivity contribution in [3.8, 4) is 0 Å². The molecule has 1 aromatic heterocycles. The molecule has 0 saturated carbocycles. The van der Waals surface area contributed by atoms with Crippen molar-refractivity contribution in [1.29, 1.82) is 0 Å². The molecule has 3 aromatic rings. The van der Waals surface area contributed by atoms with Crippen LogP contribution in [0.5, 0.6) is 0 Å². The van der Waals surface area contributed by atoms with Crippen molar-refractivity contribution in [3.05, 3.63) is 48.5 Å². The summed E-state index contributed by atoms with van der Waals surface area (Å²) in [6.45, 7) is 2.88. The largest absolute Gasteiger partial charge is 0.393 e. The maximum Gasteiger partial charge on any atom is 0.0512 e. The average Bonchev–Trinajstić information content (AvgIpc) is 2.78. The Labute approximate surface area is 119 Å². The highest BCUT2D eigenvalue weighted by Gasteiger charge is 2.08. The van der Waals surface area contributed by atoms with Gasteiger partial charge in [0.05, 0.1) is 6.10 Å². The Bertz CT molecular complexity index is 658. The summed E-state index contributed by atoms with van der Waals surface area (Å²) in [6, 6.07) is 17.2. The van der Waals surface area contributed by atoms with E-state index < -0.39 is 0 Å². The number of benzene rings is 2. The maximum atomic E-state index is 9.35. The lowest BCUT2D eigenvalue weighted by Gasteiger charge is -2.08. The molecule has 0 aliphatic heterocycles. The molecule has 0 bridgehead atoms. The van der Waals surface area contributed by atoms with E-state index in [0.29, 0.717) is 0 Å². The zero-order valence-corrected chi connectivity index (χ0v) is 11.9. The number of aliphatic hydroxyl groups is 1. The van der Waals surface area contributed by atoms with Crippen LogP contribution in [0.15, 0.2) is 48.5 Å². The molecule has 0 fully saturated rings. The first-order chi connectivity index (χ1) is 9.77. The molecule has 0 unspecified atom stereocenters. The Morgan fingerprint density at radius 2 is 1.45 bits per heavy atom. The molecular weight excluding hydrogens is 246 g/mol. The van der Waals surface area contributed by atoms with Crippen LogP contribution in [0.3, 0.4) is 0 Å². The van der Waals surface area contributed by atoms with Crippen LogP contribution in [-0.4, -0.2) is 15.8 Å². The predicted octanol–water partition coefficient (Wildman–Crippen LogP) is 4.35. The molecule has 0 radical (unpaired) electrons. The normalized spacial score (nSPS) is 13.1. The number of rotatable bonds is 5. The highest BCUT2D eigenvalue weighted by molar-refractivity contribution is 6.07. The van der Waals surface area contributed by atoms with Crippen LogP contribution in [0.25, 0.3) is 21.8 Å². The number of aromatic nitrogens is 1. The van der Waals surface area contributed by atoms with E-state index in [-0.39, 0.29) is 6.10 Å². The molecule has 2 nitrogen and oxygen atoms in total. The summed E-state index contributed by atoms with van der Waals surface area (Å²) in [4.78, 5) is 0. The molecule has 0 saturated heterocycles. The van der Waals surface area contributed by atoms with Crippen LogP contribution in [0.2, 0.25) is 0 Å². The second-order valence-corrected chi connectivity index (χ2v) is 5.53. The van der Waals surface area contributed by atoms with Gasteiger partial charge in [-0.2, -0.15) is 0 Å². The van der Waals surface area contributed by atoms with Gasteiger partial charge in [0.25, 0.3) is 0 Å². The molecule has 1 heterocycles.